The van der Waals surface area contributed by atoms with Gasteiger partial charge in [0.15, 0.2) is 40.8 Å². The summed E-state index contributed by atoms with van der Waals surface area (Å²) in [5, 5.41) is 10.1. The topological polar surface area (TPSA) is 99.2 Å². The number of phenols is 1. The van der Waals surface area contributed by atoms with Gasteiger partial charge in [-0.15, -0.1) is 0 Å². The predicted molar refractivity (Wildman–Crippen MR) is 269 cm³/mol. The van der Waals surface area contributed by atoms with E-state index in [0.717, 1.165) is 86.7 Å². The first-order valence-electron chi connectivity index (χ1n) is 19.5. The summed E-state index contributed by atoms with van der Waals surface area (Å²) >= 11 is 8.80. The van der Waals surface area contributed by atoms with Crippen molar-refractivity contribution in [3.05, 3.63) is 98.6 Å². The Balaban J connectivity index is 0.000000190. The van der Waals surface area contributed by atoms with Crippen molar-refractivity contribution in [2.75, 3.05) is 60.6 Å². The van der Waals surface area contributed by atoms with E-state index >= 15 is 0 Å². The van der Waals surface area contributed by atoms with Crippen molar-refractivity contribution >= 4 is 92.6 Å². The van der Waals surface area contributed by atoms with Crippen LogP contribution in [0.2, 0.25) is 0 Å². The molecule has 0 bridgehead atoms. The van der Waals surface area contributed by atoms with Crippen LogP contribution in [0.25, 0.3) is 0 Å². The Labute approximate surface area is 390 Å². The second-order valence-corrected chi connectivity index (χ2v) is 62.3. The summed E-state index contributed by atoms with van der Waals surface area (Å²) in [7, 11) is 9.60. The molecule has 0 amide bonds. The van der Waals surface area contributed by atoms with E-state index in [-0.39, 0.29) is 19.7 Å². The van der Waals surface area contributed by atoms with Crippen molar-refractivity contribution < 1.29 is 42.4 Å². The molecule has 15 heteroatoms. The molecule has 4 aromatic rings. The smallest absolute Gasteiger partial charge is 0.0341 e. The largest absolute Gasteiger partial charge is 0.0901 e. The van der Waals surface area contributed by atoms with Crippen LogP contribution in [-0.2, 0) is 38.8 Å². The summed E-state index contributed by atoms with van der Waals surface area (Å²) < 4.78 is 51.6. The number of aldehydes is 1. The maximum atomic E-state index is 11.6. The minimum absolute atomic E-state index is 0.193. The second kappa shape index (κ2) is 22.0. The number of benzene rings is 4. The van der Waals surface area contributed by atoms with Crippen LogP contribution in [0.3, 0.4) is 0 Å². The van der Waals surface area contributed by atoms with Gasteiger partial charge in [0.2, 0.25) is 0 Å². The average molecular weight is 1350 g/mol. The molecule has 8 rings (SSSR count). The van der Waals surface area contributed by atoms with Crippen LogP contribution in [0.4, 0.5) is 0 Å². The van der Waals surface area contributed by atoms with Crippen molar-refractivity contribution in [2.45, 2.75) is 50.9 Å². The molecule has 0 saturated carbocycles. The van der Waals surface area contributed by atoms with Gasteiger partial charge in [-0.05, 0) is 106 Å². The van der Waals surface area contributed by atoms with Crippen LogP contribution in [-0.4, -0.2) is 81.8 Å². The molecule has 0 unspecified atom stereocenters. The Morgan fingerprint density at radius 1 is 0.667 bits per heavy atom. The molecule has 1 N–H and O–H groups in total. The average Bonchev–Trinajstić information content (AvgIpc) is 3.22. The van der Waals surface area contributed by atoms with Gasteiger partial charge < -0.3 is 33.5 Å². The number of ether oxygens (including phenoxy) is 6. The van der Waals surface area contributed by atoms with Gasteiger partial charge in [0, 0.05) is 47.9 Å². The number of carbonyl (C=O) groups is 1. The van der Waals surface area contributed by atoms with Crippen LogP contribution in [0.5, 0.6) is 40.2 Å². The zero-order valence-electron chi connectivity index (χ0n) is 35.6. The van der Waals surface area contributed by atoms with E-state index in [9.17, 15) is 9.90 Å². The van der Waals surface area contributed by atoms with Gasteiger partial charge in [0.1, 0.15) is 5.75 Å². The number of rotatable bonds is 7. The minimum Gasteiger partial charge on any atom is -0.0901 e. The quantitative estimate of drug-likeness (QED) is 0.109. The third kappa shape index (κ3) is 10.4. The molecule has 0 spiro atoms. The number of nitrogens with zero attached hydrogens (tertiary/aromatic N) is 2. The van der Waals surface area contributed by atoms with Gasteiger partial charge >= 0.3 is 63.7 Å². The van der Waals surface area contributed by atoms with Crippen LogP contribution in [0.1, 0.15) is 71.1 Å². The number of hydrogen-bond acceptors (Lipinski definition) is 10. The van der Waals surface area contributed by atoms with Gasteiger partial charge in [0.05, 0.1) is 48.2 Å². The molecule has 57 heavy (non-hydrogen) atoms. The van der Waals surface area contributed by atoms with Crippen molar-refractivity contribution in [3.8, 4) is 40.2 Å². The first-order valence-corrected chi connectivity index (χ1v) is 37.9. The molecule has 10 nitrogen and oxygen atoms in total. The number of phenolic OH excluding ortho intramolecular Hbond substituents is 1. The molecule has 0 saturated heterocycles. The third-order valence-corrected chi connectivity index (χ3v) is 11.1. The number of aromatic hydroxyl groups is 1. The zero-order chi connectivity index (χ0) is 43.9. The van der Waals surface area contributed by atoms with Crippen molar-refractivity contribution in [1.82, 2.24) is 9.80 Å². The fourth-order valence-corrected chi connectivity index (χ4v) is 8.46. The van der Waals surface area contributed by atoms with E-state index in [0.29, 0.717) is 23.1 Å². The fraction of sp³-hybridized carbons (Fsp3) is 0.405. The molecular formula is C42H49I5N2O8. The van der Waals surface area contributed by atoms with E-state index in [2.05, 4.69) is 89.9 Å². The number of carbonyl (C=O) groups excluding carboxylic acids is 1. The SMILES string of the molecule is COc1cc2c(cc1O)CCN1Cc3c(ccc(OC)c3C=O)C[C@@H]21.COc1cc2c(cc1OC)[C@@H]1Cc3ccc(OC)c(OC)c3CN1CC2.II(I)I.[2H]C([2H])([2H])I. The monoisotopic (exact) mass is 1350 g/mol. The molecule has 2 atom stereocenters. The summed E-state index contributed by atoms with van der Waals surface area (Å²) in [5.74, 6) is 4.60. The normalized spacial score (nSPS) is 18.5. The molecule has 0 aliphatic carbocycles. The van der Waals surface area contributed by atoms with Gasteiger partial charge in [-0.25, -0.2) is 0 Å². The van der Waals surface area contributed by atoms with Gasteiger partial charge in [-0.2, -0.15) is 0 Å². The van der Waals surface area contributed by atoms with E-state index in [1.54, 1.807) is 42.7 Å². The summed E-state index contributed by atoms with van der Waals surface area (Å²) in [6, 6.07) is 16.8. The van der Waals surface area contributed by atoms with Crippen molar-refractivity contribution in [2.24, 2.45) is 0 Å². The van der Waals surface area contributed by atoms with Crippen LogP contribution in [0.15, 0.2) is 48.5 Å². The Kier molecular flexibility index (Phi) is 16.4. The van der Waals surface area contributed by atoms with Crippen LogP contribution < -0.4 is 28.4 Å². The molecule has 0 radical (unpaired) electrons. The molecule has 310 valence electrons. The third-order valence-electron chi connectivity index (χ3n) is 11.1. The Bertz CT molecular complexity index is 2140. The molecule has 0 aromatic heterocycles. The molecule has 0 fully saturated rings. The van der Waals surface area contributed by atoms with E-state index in [4.69, 9.17) is 32.5 Å². The van der Waals surface area contributed by atoms with Gasteiger partial charge in [-0.3, -0.25) is 14.6 Å². The summed E-state index contributed by atoms with van der Waals surface area (Å²) in [4.78, 5) is 14.7. The fourth-order valence-electron chi connectivity index (χ4n) is 8.46. The molecule has 4 aromatic carbocycles. The maximum Gasteiger partial charge on any atom is 0.0341 e. The standard InChI is InChI=1S/C21H25NO4.C20H21NO4.CH3I.I4/c1-23-18-6-5-13-9-17-15-11-20(25-3)19(24-2)10-14(15)7-8-22(17)12-16(13)21(18)26-4;1-24-19-4-3-12-7-17-14-9-20(25-2)18(23)8-13(14)5-6-21(17)10-15(12)16(19)11-22;1-2;1-4(2)3/h5-6,10-11,17H,7-9,12H2,1-4H3;3-4,8-9,11,17,23H,5-7,10H2,1-2H3;1H3;/t2*17-;;/m00../s1/i;;1D3;. The van der Waals surface area contributed by atoms with Gasteiger partial charge in [0.25, 0.3) is 0 Å². The Morgan fingerprint density at radius 3 is 1.63 bits per heavy atom. The summed E-state index contributed by atoms with van der Waals surface area (Å²) in [6.07, 6.45) is 4.57. The first-order chi connectivity index (χ1) is 28.6. The van der Waals surface area contributed by atoms with E-state index < -0.39 is 4.86 Å². The minimum atomic E-state index is -1.78. The summed E-state index contributed by atoms with van der Waals surface area (Å²) in [5.41, 5.74) is 10.6. The Morgan fingerprint density at radius 2 is 1.12 bits per heavy atom. The van der Waals surface area contributed by atoms with Crippen molar-refractivity contribution in [3.63, 3.8) is 0 Å². The number of halogens is 5. The number of fused-ring (bicyclic) bond motifs is 8. The molecular weight excluding hydrogens is 1290 g/mol. The summed E-state index contributed by atoms with van der Waals surface area (Å²) in [6.45, 7) is 3.52. The predicted octanol–water partition coefficient (Wildman–Crippen LogP) is 10.8. The zero-order valence-corrected chi connectivity index (χ0v) is 43.4. The van der Waals surface area contributed by atoms with Crippen LogP contribution >= 0.6 is 86.3 Å². The Hall–Kier alpha value is -1.28. The number of alkyl halides is 1. The second-order valence-electron chi connectivity index (χ2n) is 13.5. The van der Waals surface area contributed by atoms with Gasteiger partial charge in [-0.1, -0.05) is 34.7 Å². The van der Waals surface area contributed by atoms with E-state index in [1.807, 2.05) is 24.3 Å². The molecule has 4 heterocycles. The van der Waals surface area contributed by atoms with Crippen LogP contribution in [0, 0.1) is 0 Å². The number of methoxy groups -OCH3 is 6. The first kappa shape index (κ1) is 42.4. The molecule has 4 aliphatic rings. The van der Waals surface area contributed by atoms with E-state index in [1.165, 1.54) is 61.5 Å². The maximum absolute atomic E-state index is 11.6. The molecule has 4 aliphatic heterocycles. The van der Waals surface area contributed by atoms with Crippen molar-refractivity contribution in [1.29, 1.82) is 0 Å². The number of hydrogen-bond donors (Lipinski definition) is 1.